The van der Waals surface area contributed by atoms with Gasteiger partial charge in [0.05, 0.1) is 7.11 Å². The molecule has 1 N–H and O–H groups in total. The number of thiazole rings is 1. The van der Waals surface area contributed by atoms with Gasteiger partial charge >= 0.3 is 0 Å². The molecule has 6 heteroatoms. The normalized spacial score (nSPS) is 18.5. The van der Waals surface area contributed by atoms with Crippen LogP contribution in [0.25, 0.3) is 4.96 Å². The van der Waals surface area contributed by atoms with Crippen LogP contribution in [0.2, 0.25) is 0 Å². The zero-order chi connectivity index (χ0) is 14.0. The van der Waals surface area contributed by atoms with Crippen molar-refractivity contribution in [3.63, 3.8) is 0 Å². The van der Waals surface area contributed by atoms with Gasteiger partial charge in [-0.1, -0.05) is 6.92 Å². The number of rotatable bonds is 5. The molecule has 1 aliphatic heterocycles. The van der Waals surface area contributed by atoms with E-state index in [9.17, 15) is 0 Å². The SMILES string of the molecule is COc1nc2sccn2c1CNCC1(C)CCOCC1. The lowest BCUT2D eigenvalue weighted by Crippen LogP contribution is -2.36. The number of imidazole rings is 1. The second kappa shape index (κ2) is 5.71. The minimum absolute atomic E-state index is 0.337. The Hall–Kier alpha value is -1.11. The molecule has 0 radical (unpaired) electrons. The van der Waals surface area contributed by atoms with Crippen molar-refractivity contribution in [1.82, 2.24) is 14.7 Å². The van der Waals surface area contributed by atoms with E-state index in [-0.39, 0.29) is 0 Å². The smallest absolute Gasteiger partial charge is 0.237 e. The van der Waals surface area contributed by atoms with Crippen LogP contribution >= 0.6 is 11.3 Å². The second-order valence-corrected chi connectivity index (χ2v) is 6.52. The van der Waals surface area contributed by atoms with Crippen molar-refractivity contribution >= 4 is 16.3 Å². The number of ether oxygens (including phenoxy) is 2. The van der Waals surface area contributed by atoms with Crippen molar-refractivity contribution in [3.05, 3.63) is 17.3 Å². The lowest BCUT2D eigenvalue weighted by atomic mass is 9.82. The summed E-state index contributed by atoms with van der Waals surface area (Å²) in [6.07, 6.45) is 4.29. The van der Waals surface area contributed by atoms with Crippen LogP contribution in [0.4, 0.5) is 0 Å². The Morgan fingerprint density at radius 3 is 3.05 bits per heavy atom. The van der Waals surface area contributed by atoms with E-state index >= 15 is 0 Å². The molecule has 110 valence electrons. The van der Waals surface area contributed by atoms with Gasteiger partial charge in [0.1, 0.15) is 5.69 Å². The molecule has 1 saturated heterocycles. The van der Waals surface area contributed by atoms with Gasteiger partial charge in [0.15, 0.2) is 4.96 Å². The highest BCUT2D eigenvalue weighted by Crippen LogP contribution is 2.29. The number of nitrogens with one attached hydrogen (secondary N) is 1. The third-order valence-corrected chi connectivity index (χ3v) is 4.82. The molecule has 0 saturated carbocycles. The van der Waals surface area contributed by atoms with Crippen molar-refractivity contribution in [1.29, 1.82) is 0 Å². The van der Waals surface area contributed by atoms with Gasteiger partial charge in [-0.05, 0) is 18.3 Å². The van der Waals surface area contributed by atoms with Gasteiger partial charge in [-0.3, -0.25) is 4.40 Å². The van der Waals surface area contributed by atoms with Crippen LogP contribution < -0.4 is 10.1 Å². The van der Waals surface area contributed by atoms with Crippen molar-refractivity contribution in [3.8, 4) is 5.88 Å². The molecule has 0 spiro atoms. The molecule has 0 aromatic carbocycles. The van der Waals surface area contributed by atoms with Crippen LogP contribution in [-0.4, -0.2) is 36.3 Å². The van der Waals surface area contributed by atoms with Crippen LogP contribution in [0.3, 0.4) is 0 Å². The van der Waals surface area contributed by atoms with Crippen LogP contribution in [-0.2, 0) is 11.3 Å². The van der Waals surface area contributed by atoms with Gasteiger partial charge in [0, 0.05) is 37.9 Å². The molecule has 20 heavy (non-hydrogen) atoms. The highest BCUT2D eigenvalue weighted by atomic mass is 32.1. The first kappa shape index (κ1) is 13.9. The Balaban J connectivity index is 1.65. The molecule has 3 rings (SSSR count). The van der Waals surface area contributed by atoms with E-state index in [4.69, 9.17) is 9.47 Å². The van der Waals surface area contributed by atoms with Crippen LogP contribution in [0, 0.1) is 5.41 Å². The molecular formula is C14H21N3O2S. The van der Waals surface area contributed by atoms with Gasteiger partial charge in [-0.2, -0.15) is 4.98 Å². The summed E-state index contributed by atoms with van der Waals surface area (Å²) in [6, 6.07) is 0. The average molecular weight is 295 g/mol. The van der Waals surface area contributed by atoms with E-state index in [1.807, 2.05) is 11.6 Å². The number of fused-ring (bicyclic) bond motifs is 1. The van der Waals surface area contributed by atoms with E-state index in [1.165, 1.54) is 0 Å². The van der Waals surface area contributed by atoms with E-state index < -0.39 is 0 Å². The van der Waals surface area contributed by atoms with Crippen LogP contribution in [0.15, 0.2) is 11.6 Å². The molecule has 2 aromatic rings. The Morgan fingerprint density at radius 2 is 2.30 bits per heavy atom. The van der Waals surface area contributed by atoms with E-state index in [1.54, 1.807) is 18.4 Å². The summed E-state index contributed by atoms with van der Waals surface area (Å²) in [4.78, 5) is 5.46. The molecule has 1 aliphatic rings. The maximum Gasteiger partial charge on any atom is 0.237 e. The fourth-order valence-electron chi connectivity index (χ4n) is 2.66. The highest BCUT2D eigenvalue weighted by molar-refractivity contribution is 7.15. The molecule has 0 atom stereocenters. The predicted octanol–water partition coefficient (Wildman–Crippen LogP) is 2.31. The van der Waals surface area contributed by atoms with Gasteiger partial charge in [-0.25, -0.2) is 0 Å². The number of nitrogens with zero attached hydrogens (tertiary/aromatic N) is 2. The molecule has 3 heterocycles. The quantitative estimate of drug-likeness (QED) is 0.919. The van der Waals surface area contributed by atoms with E-state index in [2.05, 4.69) is 21.6 Å². The average Bonchev–Trinajstić information content (AvgIpc) is 3.01. The molecular weight excluding hydrogens is 274 g/mol. The summed E-state index contributed by atoms with van der Waals surface area (Å²) < 4.78 is 12.9. The molecule has 1 fully saturated rings. The number of hydrogen-bond acceptors (Lipinski definition) is 5. The first-order chi connectivity index (χ1) is 9.72. The highest BCUT2D eigenvalue weighted by Gasteiger charge is 2.27. The minimum atomic E-state index is 0.337. The summed E-state index contributed by atoms with van der Waals surface area (Å²) in [5.41, 5.74) is 1.43. The lowest BCUT2D eigenvalue weighted by molar-refractivity contribution is 0.0239. The Labute approximate surface area is 122 Å². The standard InChI is InChI=1S/C14H21N3O2S/c1-14(3-6-19-7-4-14)10-15-9-11-12(18-2)16-13-17(11)5-8-20-13/h5,8,15H,3-4,6-7,9-10H2,1-2H3. The minimum Gasteiger partial charge on any atom is -0.480 e. The third kappa shape index (κ3) is 2.68. The van der Waals surface area contributed by atoms with E-state index in [0.717, 1.165) is 55.7 Å². The Bertz CT molecular complexity index is 572. The maximum atomic E-state index is 5.44. The molecule has 0 bridgehead atoms. The molecule has 0 amide bonds. The summed E-state index contributed by atoms with van der Waals surface area (Å²) in [7, 11) is 1.68. The van der Waals surface area contributed by atoms with Gasteiger partial charge < -0.3 is 14.8 Å². The molecule has 5 nitrogen and oxygen atoms in total. The van der Waals surface area contributed by atoms with Crippen molar-refractivity contribution in [2.24, 2.45) is 5.41 Å². The van der Waals surface area contributed by atoms with Gasteiger partial charge in [0.2, 0.25) is 5.88 Å². The first-order valence-corrected chi connectivity index (χ1v) is 7.87. The largest absolute Gasteiger partial charge is 0.480 e. The van der Waals surface area contributed by atoms with Crippen molar-refractivity contribution < 1.29 is 9.47 Å². The van der Waals surface area contributed by atoms with Crippen molar-refractivity contribution in [2.75, 3.05) is 26.9 Å². The van der Waals surface area contributed by atoms with Gasteiger partial charge in [-0.15, -0.1) is 11.3 Å². The zero-order valence-corrected chi connectivity index (χ0v) is 12.8. The maximum absolute atomic E-state index is 5.44. The summed E-state index contributed by atoms with van der Waals surface area (Å²) in [5.74, 6) is 0.724. The Morgan fingerprint density at radius 1 is 1.50 bits per heavy atom. The first-order valence-electron chi connectivity index (χ1n) is 6.99. The summed E-state index contributed by atoms with van der Waals surface area (Å²) >= 11 is 1.63. The monoisotopic (exact) mass is 295 g/mol. The molecule has 2 aromatic heterocycles. The lowest BCUT2D eigenvalue weighted by Gasteiger charge is -2.33. The van der Waals surface area contributed by atoms with E-state index in [0.29, 0.717) is 5.41 Å². The third-order valence-electron chi connectivity index (χ3n) is 4.06. The summed E-state index contributed by atoms with van der Waals surface area (Å²) in [6.45, 7) is 5.86. The fraction of sp³-hybridized carbons (Fsp3) is 0.643. The number of aromatic nitrogens is 2. The number of hydrogen-bond donors (Lipinski definition) is 1. The van der Waals surface area contributed by atoms with Crippen molar-refractivity contribution in [2.45, 2.75) is 26.3 Å². The van der Waals surface area contributed by atoms with Gasteiger partial charge in [0.25, 0.3) is 0 Å². The molecule has 0 unspecified atom stereocenters. The van der Waals surface area contributed by atoms with Crippen LogP contribution in [0.5, 0.6) is 5.88 Å². The number of methoxy groups -OCH3 is 1. The fourth-order valence-corrected chi connectivity index (χ4v) is 3.39. The summed E-state index contributed by atoms with van der Waals surface area (Å²) in [5, 5.41) is 5.61. The topological polar surface area (TPSA) is 47.8 Å². The Kier molecular flexibility index (Phi) is 3.96. The predicted molar refractivity (Wildman–Crippen MR) is 79.5 cm³/mol. The van der Waals surface area contributed by atoms with Crippen LogP contribution in [0.1, 0.15) is 25.5 Å². The zero-order valence-electron chi connectivity index (χ0n) is 12.0. The molecule has 0 aliphatic carbocycles. The second-order valence-electron chi connectivity index (χ2n) is 5.65.